The molecule has 4 nitrogen and oxygen atoms in total. The van der Waals surface area contributed by atoms with Crippen LogP contribution in [-0.2, 0) is 13.0 Å². The maximum atomic E-state index is 4.77. The van der Waals surface area contributed by atoms with Crippen molar-refractivity contribution in [3.63, 3.8) is 0 Å². The molecule has 1 N–H and O–H groups in total. The van der Waals surface area contributed by atoms with Crippen molar-refractivity contribution in [3.05, 3.63) is 51.4 Å². The number of H-pyrrole nitrogens is 1. The zero-order valence-electron chi connectivity index (χ0n) is 17.7. The molecule has 0 saturated carbocycles. The maximum Gasteiger partial charge on any atom is 0.107 e. The highest BCUT2D eigenvalue weighted by Gasteiger charge is 2.28. The lowest BCUT2D eigenvalue weighted by molar-refractivity contribution is 0.148. The second-order valence-corrected chi connectivity index (χ2v) is 11.0. The van der Waals surface area contributed by atoms with Crippen LogP contribution in [-0.4, -0.2) is 53.2 Å². The molecule has 1 saturated heterocycles. The van der Waals surface area contributed by atoms with E-state index in [4.69, 9.17) is 5.10 Å². The number of rotatable bonds is 3. The van der Waals surface area contributed by atoms with Crippen LogP contribution in [0.25, 0.3) is 31.2 Å². The molecule has 2 aliphatic rings. The van der Waals surface area contributed by atoms with Crippen LogP contribution in [0.1, 0.15) is 27.8 Å². The van der Waals surface area contributed by atoms with Crippen LogP contribution in [0.2, 0.25) is 0 Å². The van der Waals surface area contributed by atoms with E-state index in [1.54, 1.807) is 0 Å². The van der Waals surface area contributed by atoms with E-state index in [1.807, 2.05) is 22.7 Å². The third-order valence-corrected chi connectivity index (χ3v) is 9.26. The first kappa shape index (κ1) is 18.8. The van der Waals surface area contributed by atoms with Gasteiger partial charge < -0.3 is 4.90 Å². The number of likely N-dealkylation sites (N-methyl/N-ethyl adjacent to an activating group) is 1. The SMILES string of the molecule is Cc1csc2sc(-c3n[nH]c4c3Cc3cc(CN5CCN(C)CC5)ccc3-4)c(C)c12. The molecule has 1 aliphatic heterocycles. The van der Waals surface area contributed by atoms with Gasteiger partial charge in [-0.3, -0.25) is 10.00 Å². The summed E-state index contributed by atoms with van der Waals surface area (Å²) in [6, 6.07) is 7.04. The van der Waals surface area contributed by atoms with Gasteiger partial charge in [-0.2, -0.15) is 5.10 Å². The summed E-state index contributed by atoms with van der Waals surface area (Å²) in [6.45, 7) is 10.2. The second-order valence-electron chi connectivity index (χ2n) is 8.81. The maximum absolute atomic E-state index is 4.77. The smallest absolute Gasteiger partial charge is 0.107 e. The van der Waals surface area contributed by atoms with E-state index in [2.05, 4.69) is 59.4 Å². The van der Waals surface area contributed by atoms with Crippen molar-refractivity contribution in [3.8, 4) is 21.8 Å². The van der Waals surface area contributed by atoms with Gasteiger partial charge in [0.05, 0.1) is 14.6 Å². The molecule has 0 radical (unpaired) electrons. The molecule has 1 aromatic carbocycles. The first-order valence-corrected chi connectivity index (χ1v) is 12.4. The lowest BCUT2D eigenvalue weighted by atomic mass is 10.0. The predicted molar refractivity (Wildman–Crippen MR) is 128 cm³/mol. The molecule has 3 aromatic heterocycles. The summed E-state index contributed by atoms with van der Waals surface area (Å²) in [4.78, 5) is 6.33. The van der Waals surface area contributed by atoms with Gasteiger partial charge in [0.15, 0.2) is 0 Å². The van der Waals surface area contributed by atoms with Gasteiger partial charge in [-0.25, -0.2) is 0 Å². The highest BCUT2D eigenvalue weighted by atomic mass is 32.2. The Morgan fingerprint density at radius 1 is 1.13 bits per heavy atom. The van der Waals surface area contributed by atoms with Crippen LogP contribution in [0, 0.1) is 13.8 Å². The van der Waals surface area contributed by atoms with Crippen LogP contribution < -0.4 is 0 Å². The summed E-state index contributed by atoms with van der Waals surface area (Å²) >= 11 is 3.76. The standard InChI is InChI=1S/C24H26N4S2/c1-14-13-29-24-20(14)15(2)23(30-24)22-19-11-17-10-16(4-5-18(17)21(19)25-26-22)12-28-8-6-27(3)7-9-28/h4-5,10,13H,6-9,11-12H2,1-3H3,(H,25,26). The minimum atomic E-state index is 0.983. The molecule has 1 fully saturated rings. The summed E-state index contributed by atoms with van der Waals surface area (Å²) < 4.78 is 1.42. The number of thiophene rings is 2. The molecule has 154 valence electrons. The summed E-state index contributed by atoms with van der Waals surface area (Å²) in [5.41, 5.74) is 10.7. The molecule has 0 atom stereocenters. The first-order chi connectivity index (χ1) is 14.6. The fraction of sp³-hybridized carbons (Fsp3) is 0.375. The average Bonchev–Trinajstić information content (AvgIpc) is 3.46. The number of aromatic amines is 1. The van der Waals surface area contributed by atoms with Crippen molar-refractivity contribution in [1.29, 1.82) is 0 Å². The first-order valence-electron chi connectivity index (χ1n) is 10.7. The summed E-state index contributed by atoms with van der Waals surface area (Å²) in [5, 5.41) is 11.8. The Morgan fingerprint density at radius 3 is 2.77 bits per heavy atom. The molecule has 6 rings (SSSR count). The van der Waals surface area contributed by atoms with Crippen molar-refractivity contribution in [1.82, 2.24) is 20.0 Å². The fourth-order valence-corrected chi connectivity index (χ4v) is 7.53. The summed E-state index contributed by atoms with van der Waals surface area (Å²) in [6.07, 6.45) is 0.983. The Hall–Kier alpha value is -1.99. The van der Waals surface area contributed by atoms with E-state index in [0.717, 1.165) is 31.7 Å². The van der Waals surface area contributed by atoms with Crippen LogP contribution in [0.4, 0.5) is 0 Å². The Bertz CT molecular complexity index is 1250. The molecular formula is C24H26N4S2. The zero-order chi connectivity index (χ0) is 20.4. The van der Waals surface area contributed by atoms with Crippen molar-refractivity contribution in [2.24, 2.45) is 0 Å². The molecule has 0 amide bonds. The Balaban J connectivity index is 1.31. The molecule has 4 aromatic rings. The molecule has 0 bridgehead atoms. The van der Waals surface area contributed by atoms with Gasteiger partial charge in [0.25, 0.3) is 0 Å². The van der Waals surface area contributed by atoms with Crippen LogP contribution in [0.15, 0.2) is 23.6 Å². The third-order valence-electron chi connectivity index (χ3n) is 6.74. The molecule has 0 unspecified atom stereocenters. The summed E-state index contributed by atoms with van der Waals surface area (Å²) in [5.74, 6) is 0. The number of piperazine rings is 1. The minimum Gasteiger partial charge on any atom is -0.304 e. The fourth-order valence-electron chi connectivity index (χ4n) is 4.99. The van der Waals surface area contributed by atoms with E-state index in [-0.39, 0.29) is 0 Å². The predicted octanol–water partition coefficient (Wildman–Crippen LogP) is 5.29. The Kier molecular flexibility index (Phi) is 4.39. The quantitative estimate of drug-likeness (QED) is 0.419. The van der Waals surface area contributed by atoms with Gasteiger partial charge >= 0.3 is 0 Å². The van der Waals surface area contributed by atoms with E-state index in [0.29, 0.717) is 0 Å². The molecule has 1 aliphatic carbocycles. The van der Waals surface area contributed by atoms with Crippen LogP contribution in [0.3, 0.4) is 0 Å². The third kappa shape index (κ3) is 2.89. The zero-order valence-corrected chi connectivity index (χ0v) is 19.3. The van der Waals surface area contributed by atoms with Gasteiger partial charge in [-0.05, 0) is 48.5 Å². The van der Waals surface area contributed by atoms with Crippen molar-refractivity contribution in [2.45, 2.75) is 26.8 Å². The highest BCUT2D eigenvalue weighted by Crippen LogP contribution is 2.47. The van der Waals surface area contributed by atoms with E-state index in [1.165, 1.54) is 66.4 Å². The lowest BCUT2D eigenvalue weighted by Crippen LogP contribution is -2.43. The largest absolute Gasteiger partial charge is 0.304 e. The molecule has 30 heavy (non-hydrogen) atoms. The van der Waals surface area contributed by atoms with Crippen LogP contribution in [0.5, 0.6) is 0 Å². The van der Waals surface area contributed by atoms with E-state index >= 15 is 0 Å². The lowest BCUT2D eigenvalue weighted by Gasteiger charge is -2.32. The van der Waals surface area contributed by atoms with Crippen molar-refractivity contribution >= 4 is 32.1 Å². The van der Waals surface area contributed by atoms with Gasteiger partial charge in [0.1, 0.15) is 5.69 Å². The highest BCUT2D eigenvalue weighted by molar-refractivity contribution is 7.39. The summed E-state index contributed by atoms with van der Waals surface area (Å²) in [7, 11) is 2.21. The van der Waals surface area contributed by atoms with Gasteiger partial charge in [-0.15, -0.1) is 22.7 Å². The van der Waals surface area contributed by atoms with E-state index < -0.39 is 0 Å². The number of fused-ring (bicyclic) bond motifs is 4. The number of aromatic nitrogens is 2. The van der Waals surface area contributed by atoms with Crippen molar-refractivity contribution in [2.75, 3.05) is 33.2 Å². The topological polar surface area (TPSA) is 35.2 Å². The normalized spacial score (nSPS) is 17.0. The monoisotopic (exact) mass is 434 g/mol. The van der Waals surface area contributed by atoms with Gasteiger partial charge in [0, 0.05) is 55.7 Å². The van der Waals surface area contributed by atoms with Crippen LogP contribution >= 0.6 is 22.7 Å². The van der Waals surface area contributed by atoms with Gasteiger partial charge in [-0.1, -0.05) is 18.2 Å². The second kappa shape index (κ2) is 7.02. The number of hydrogen-bond acceptors (Lipinski definition) is 5. The molecular weight excluding hydrogens is 408 g/mol. The molecule has 6 heteroatoms. The number of nitrogens with one attached hydrogen (secondary N) is 1. The number of benzene rings is 1. The van der Waals surface area contributed by atoms with Gasteiger partial charge in [0.2, 0.25) is 0 Å². The Morgan fingerprint density at radius 2 is 1.97 bits per heavy atom. The Labute approximate surface area is 185 Å². The number of aryl methyl sites for hydroxylation is 2. The number of nitrogens with zero attached hydrogens (tertiary/aromatic N) is 3. The molecule has 0 spiro atoms. The average molecular weight is 435 g/mol. The van der Waals surface area contributed by atoms with Crippen molar-refractivity contribution < 1.29 is 0 Å². The minimum absolute atomic E-state index is 0.983. The number of hydrogen-bond donors (Lipinski definition) is 1. The van der Waals surface area contributed by atoms with E-state index in [9.17, 15) is 0 Å². The molecule has 4 heterocycles.